The molecule has 0 aliphatic heterocycles. The molecule has 0 saturated carbocycles. The van der Waals surface area contributed by atoms with E-state index in [9.17, 15) is 14.9 Å². The molecule has 0 radical (unpaired) electrons. The Bertz CT molecular complexity index is 764. The average molecular weight is 363 g/mol. The van der Waals surface area contributed by atoms with Crippen molar-refractivity contribution >= 4 is 23.2 Å². The molecule has 2 aromatic carbocycles. The third-order valence-corrected chi connectivity index (χ3v) is 4.03. The predicted molar refractivity (Wildman–Crippen MR) is 95.9 cm³/mol. The Hall–Kier alpha value is -2.60. The van der Waals surface area contributed by atoms with Crippen molar-refractivity contribution in [3.8, 4) is 5.75 Å². The third kappa shape index (κ3) is 5.76. The molecule has 0 bridgehead atoms. The van der Waals surface area contributed by atoms with Gasteiger partial charge < -0.3 is 10.1 Å². The van der Waals surface area contributed by atoms with Gasteiger partial charge in [-0.1, -0.05) is 29.8 Å². The normalized spacial score (nSPS) is 10.3. The van der Waals surface area contributed by atoms with Crippen LogP contribution in [-0.4, -0.2) is 17.4 Å². The molecule has 1 amide bonds. The summed E-state index contributed by atoms with van der Waals surface area (Å²) in [5.74, 6) is 0.538. The number of rotatable bonds is 8. The molecule has 0 unspecified atom stereocenters. The Morgan fingerprint density at radius 1 is 1.28 bits per heavy atom. The van der Waals surface area contributed by atoms with E-state index in [1.165, 1.54) is 6.07 Å². The molecule has 25 heavy (non-hydrogen) atoms. The number of nitro benzene ring substituents is 1. The minimum absolute atomic E-state index is 0.00393. The van der Waals surface area contributed by atoms with Gasteiger partial charge in [-0.05, 0) is 37.1 Å². The van der Waals surface area contributed by atoms with Crippen LogP contribution in [0.4, 0.5) is 5.69 Å². The van der Waals surface area contributed by atoms with Gasteiger partial charge in [0.05, 0.1) is 11.5 Å². The number of aryl methyl sites for hydroxylation is 1. The first-order valence-electron chi connectivity index (χ1n) is 7.85. The van der Waals surface area contributed by atoms with Crippen LogP contribution < -0.4 is 10.1 Å². The van der Waals surface area contributed by atoms with Crippen LogP contribution in [0.3, 0.4) is 0 Å². The lowest BCUT2D eigenvalue weighted by Gasteiger charge is -2.08. The summed E-state index contributed by atoms with van der Waals surface area (Å²) >= 11 is 5.95. The van der Waals surface area contributed by atoms with Crippen LogP contribution in [0.2, 0.25) is 5.02 Å². The average Bonchev–Trinajstić information content (AvgIpc) is 2.60. The molecular formula is C18H19ClN2O4. The molecule has 0 aliphatic rings. The Labute approximate surface area is 150 Å². The van der Waals surface area contributed by atoms with Gasteiger partial charge in [0.25, 0.3) is 5.69 Å². The maximum absolute atomic E-state index is 11.9. The molecule has 0 saturated heterocycles. The molecule has 6 nitrogen and oxygen atoms in total. The van der Waals surface area contributed by atoms with Crippen molar-refractivity contribution in [2.75, 3.05) is 6.61 Å². The number of ether oxygens (including phenoxy) is 1. The second-order valence-electron chi connectivity index (χ2n) is 5.53. The van der Waals surface area contributed by atoms with Crippen molar-refractivity contribution in [2.24, 2.45) is 0 Å². The molecular weight excluding hydrogens is 344 g/mol. The zero-order valence-corrected chi connectivity index (χ0v) is 14.6. The van der Waals surface area contributed by atoms with Crippen LogP contribution in [0.15, 0.2) is 42.5 Å². The van der Waals surface area contributed by atoms with Crippen molar-refractivity contribution in [3.63, 3.8) is 0 Å². The van der Waals surface area contributed by atoms with Crippen molar-refractivity contribution < 1.29 is 14.5 Å². The largest absolute Gasteiger partial charge is 0.494 e. The Balaban J connectivity index is 1.72. The molecule has 0 fully saturated rings. The second-order valence-corrected chi connectivity index (χ2v) is 5.93. The van der Waals surface area contributed by atoms with Gasteiger partial charge in [0.1, 0.15) is 5.75 Å². The number of nitrogens with zero attached hydrogens (tertiary/aromatic N) is 1. The summed E-state index contributed by atoms with van der Waals surface area (Å²) in [6, 6.07) is 11.7. The first kappa shape index (κ1) is 18.7. The Morgan fingerprint density at radius 2 is 2.04 bits per heavy atom. The molecule has 0 aromatic heterocycles. The lowest BCUT2D eigenvalue weighted by molar-refractivity contribution is -0.385. The van der Waals surface area contributed by atoms with Gasteiger partial charge in [-0.2, -0.15) is 0 Å². The van der Waals surface area contributed by atoms with E-state index in [2.05, 4.69) is 5.32 Å². The predicted octanol–water partition coefficient (Wildman–Crippen LogP) is 4.03. The van der Waals surface area contributed by atoms with Gasteiger partial charge in [-0.15, -0.1) is 0 Å². The molecule has 0 atom stereocenters. The van der Waals surface area contributed by atoms with Crippen molar-refractivity contribution in [1.29, 1.82) is 0 Å². The topological polar surface area (TPSA) is 81.5 Å². The van der Waals surface area contributed by atoms with Gasteiger partial charge in [0, 0.05) is 29.6 Å². The zero-order chi connectivity index (χ0) is 18.2. The SMILES string of the molecule is Cc1cc(OCCCC(=O)NCc2ccccc2[N+](=O)[O-])ccc1Cl. The summed E-state index contributed by atoms with van der Waals surface area (Å²) in [7, 11) is 0. The standard InChI is InChI=1S/C18H19ClN2O4/c1-13-11-15(8-9-16(13)19)25-10-4-7-18(22)20-12-14-5-2-3-6-17(14)21(23)24/h2-3,5-6,8-9,11H,4,7,10,12H2,1H3,(H,20,22). The number of amides is 1. The molecule has 0 heterocycles. The van der Waals surface area contributed by atoms with Crippen molar-refractivity contribution in [2.45, 2.75) is 26.3 Å². The van der Waals surface area contributed by atoms with Crippen molar-refractivity contribution in [3.05, 3.63) is 68.7 Å². The lowest BCUT2D eigenvalue weighted by Crippen LogP contribution is -2.23. The van der Waals surface area contributed by atoms with E-state index < -0.39 is 4.92 Å². The van der Waals surface area contributed by atoms with Gasteiger partial charge in [-0.3, -0.25) is 14.9 Å². The third-order valence-electron chi connectivity index (χ3n) is 3.61. The highest BCUT2D eigenvalue weighted by molar-refractivity contribution is 6.31. The molecule has 2 rings (SSSR count). The summed E-state index contributed by atoms with van der Waals surface area (Å²) in [5.41, 5.74) is 1.42. The van der Waals surface area contributed by atoms with Crippen LogP contribution in [0.5, 0.6) is 5.75 Å². The van der Waals surface area contributed by atoms with Gasteiger partial charge >= 0.3 is 0 Å². The van der Waals surface area contributed by atoms with Gasteiger partial charge in [0.15, 0.2) is 0 Å². The van der Waals surface area contributed by atoms with Crippen molar-refractivity contribution in [1.82, 2.24) is 5.32 Å². The van der Waals surface area contributed by atoms with E-state index in [0.717, 1.165) is 5.56 Å². The number of benzene rings is 2. The molecule has 132 valence electrons. The highest BCUT2D eigenvalue weighted by Crippen LogP contribution is 2.21. The number of nitro groups is 1. The maximum Gasteiger partial charge on any atom is 0.274 e. The Kier molecular flexibility index (Phi) is 6.77. The minimum atomic E-state index is -0.455. The van der Waals surface area contributed by atoms with E-state index in [-0.39, 0.29) is 24.6 Å². The summed E-state index contributed by atoms with van der Waals surface area (Å²) in [6.45, 7) is 2.43. The van der Waals surface area contributed by atoms with E-state index in [1.54, 1.807) is 30.3 Å². The summed E-state index contributed by atoms with van der Waals surface area (Å²) in [5, 5.41) is 14.3. The van der Waals surface area contributed by atoms with Crippen LogP contribution in [0.25, 0.3) is 0 Å². The van der Waals surface area contributed by atoms with E-state index >= 15 is 0 Å². The minimum Gasteiger partial charge on any atom is -0.494 e. The quantitative estimate of drug-likeness (QED) is 0.436. The number of carbonyl (C=O) groups is 1. The van der Waals surface area contributed by atoms with Crippen LogP contribution in [0, 0.1) is 17.0 Å². The number of nitrogens with one attached hydrogen (secondary N) is 1. The Morgan fingerprint density at radius 3 is 2.76 bits per heavy atom. The monoisotopic (exact) mass is 362 g/mol. The fourth-order valence-electron chi connectivity index (χ4n) is 2.25. The molecule has 2 aromatic rings. The number of para-hydroxylation sites is 1. The number of hydrogen-bond donors (Lipinski definition) is 1. The highest BCUT2D eigenvalue weighted by Gasteiger charge is 2.12. The zero-order valence-electron chi connectivity index (χ0n) is 13.8. The van der Waals surface area contributed by atoms with Crippen LogP contribution in [-0.2, 0) is 11.3 Å². The van der Waals surface area contributed by atoms with E-state index in [0.29, 0.717) is 29.4 Å². The lowest BCUT2D eigenvalue weighted by atomic mass is 10.2. The van der Waals surface area contributed by atoms with E-state index in [4.69, 9.17) is 16.3 Å². The fraction of sp³-hybridized carbons (Fsp3) is 0.278. The second kappa shape index (κ2) is 9.03. The highest BCUT2D eigenvalue weighted by atomic mass is 35.5. The maximum atomic E-state index is 11.9. The molecule has 0 aliphatic carbocycles. The molecule has 1 N–H and O–H groups in total. The first-order chi connectivity index (χ1) is 12.0. The fourth-order valence-corrected chi connectivity index (χ4v) is 2.37. The summed E-state index contributed by atoms with van der Waals surface area (Å²) in [6.07, 6.45) is 0.831. The number of hydrogen-bond acceptors (Lipinski definition) is 4. The van der Waals surface area contributed by atoms with Crippen LogP contribution >= 0.6 is 11.6 Å². The summed E-state index contributed by atoms with van der Waals surface area (Å²) < 4.78 is 5.58. The molecule has 7 heteroatoms. The first-order valence-corrected chi connectivity index (χ1v) is 8.23. The summed E-state index contributed by atoms with van der Waals surface area (Å²) in [4.78, 5) is 22.3. The van der Waals surface area contributed by atoms with E-state index in [1.807, 2.05) is 13.0 Å². The van der Waals surface area contributed by atoms with Gasteiger partial charge in [0.2, 0.25) is 5.91 Å². The number of halogens is 1. The smallest absolute Gasteiger partial charge is 0.274 e. The molecule has 0 spiro atoms. The van der Waals surface area contributed by atoms with Crippen LogP contribution in [0.1, 0.15) is 24.0 Å². The number of carbonyl (C=O) groups excluding carboxylic acids is 1. The van der Waals surface area contributed by atoms with Gasteiger partial charge in [-0.25, -0.2) is 0 Å².